The van der Waals surface area contributed by atoms with E-state index in [0.717, 1.165) is 102 Å². The Morgan fingerprint density at radius 3 is 1.20 bits per heavy atom. The number of benzene rings is 8. The quantitative estimate of drug-likeness (QED) is 0.169. The zero-order valence-electron chi connectivity index (χ0n) is 30.6. The van der Waals surface area contributed by atoms with Gasteiger partial charge in [0.1, 0.15) is 11.5 Å². The van der Waals surface area contributed by atoms with Crippen LogP contribution in [0.1, 0.15) is 47.9 Å². The largest absolute Gasteiger partial charge is 0.507 e. The number of aryl methyl sites for hydroxylation is 2. The molecule has 0 unspecified atom stereocenters. The number of rotatable bonds is 6. The molecule has 1 aliphatic carbocycles. The topological polar surface area (TPSA) is 65.2 Å². The van der Waals surface area contributed by atoms with Crippen molar-refractivity contribution in [1.82, 2.24) is 0 Å². The first-order valence-electron chi connectivity index (χ1n) is 19.0. The maximum absolute atomic E-state index is 12.0. The van der Waals surface area contributed by atoms with Gasteiger partial charge in [0, 0.05) is 34.7 Å². The van der Waals surface area contributed by atoms with Crippen molar-refractivity contribution in [3.8, 4) is 33.8 Å². The van der Waals surface area contributed by atoms with Crippen LogP contribution in [0.5, 0.6) is 11.5 Å². The second kappa shape index (κ2) is 13.9. The average Bonchev–Trinajstić information content (AvgIpc) is 3.20. The summed E-state index contributed by atoms with van der Waals surface area (Å²) in [6.07, 6.45) is 7.69. The Bertz CT molecular complexity index is 2600. The van der Waals surface area contributed by atoms with Crippen molar-refractivity contribution in [2.45, 2.75) is 51.6 Å². The summed E-state index contributed by atoms with van der Waals surface area (Å²) in [4.78, 5) is 10.3. The SMILES string of the molecule is Cc1ccc2ccccc2c1-c1c(O)c(C=N[C@@H]2CCCC[C@H]2N=Cc2cc3ccccc3c(-c3c(C)ccc4ccccc34)c2O)cc2ccccc12. The maximum atomic E-state index is 12.0. The van der Waals surface area contributed by atoms with Gasteiger partial charge in [-0.05, 0) is 104 Å². The van der Waals surface area contributed by atoms with Gasteiger partial charge in [0.25, 0.3) is 0 Å². The minimum absolute atomic E-state index is 0.0500. The highest BCUT2D eigenvalue weighted by Gasteiger charge is 2.25. The fourth-order valence-electron chi connectivity index (χ4n) is 8.64. The molecule has 1 fully saturated rings. The summed E-state index contributed by atoms with van der Waals surface area (Å²) in [5.41, 5.74) is 7.40. The molecule has 1 aliphatic rings. The summed E-state index contributed by atoms with van der Waals surface area (Å²) >= 11 is 0. The van der Waals surface area contributed by atoms with E-state index >= 15 is 0 Å². The van der Waals surface area contributed by atoms with Crippen LogP contribution in [0, 0.1) is 13.8 Å². The van der Waals surface area contributed by atoms with Gasteiger partial charge in [-0.15, -0.1) is 0 Å². The second-order valence-electron chi connectivity index (χ2n) is 14.8. The first kappa shape index (κ1) is 33.6. The fourth-order valence-corrected chi connectivity index (χ4v) is 8.64. The van der Waals surface area contributed by atoms with Crippen molar-refractivity contribution in [3.05, 3.63) is 156 Å². The van der Waals surface area contributed by atoms with Crippen LogP contribution in [-0.2, 0) is 0 Å². The Kier molecular flexibility index (Phi) is 8.67. The summed E-state index contributed by atoms with van der Waals surface area (Å²) < 4.78 is 0. The van der Waals surface area contributed by atoms with Crippen molar-refractivity contribution in [3.63, 3.8) is 0 Å². The predicted octanol–water partition coefficient (Wildman–Crippen LogP) is 12.5. The summed E-state index contributed by atoms with van der Waals surface area (Å²) in [5.74, 6) is 0.482. The van der Waals surface area contributed by atoms with Gasteiger partial charge in [-0.2, -0.15) is 0 Å². The predicted molar refractivity (Wildman–Crippen MR) is 228 cm³/mol. The molecule has 4 nitrogen and oxygen atoms in total. The third-order valence-corrected chi connectivity index (χ3v) is 11.4. The van der Waals surface area contributed by atoms with Crippen LogP contribution in [0.2, 0.25) is 0 Å². The van der Waals surface area contributed by atoms with Crippen LogP contribution in [-0.4, -0.2) is 34.7 Å². The number of aliphatic imine (C=N–C) groups is 2. The number of hydrogen-bond donors (Lipinski definition) is 2. The molecule has 54 heavy (non-hydrogen) atoms. The van der Waals surface area contributed by atoms with Crippen LogP contribution in [0.3, 0.4) is 0 Å². The molecule has 0 aromatic heterocycles. The van der Waals surface area contributed by atoms with E-state index in [0.29, 0.717) is 11.1 Å². The van der Waals surface area contributed by atoms with E-state index in [9.17, 15) is 10.2 Å². The van der Waals surface area contributed by atoms with Gasteiger partial charge in [0.15, 0.2) is 0 Å². The van der Waals surface area contributed by atoms with Crippen molar-refractivity contribution >= 4 is 55.5 Å². The first-order valence-corrected chi connectivity index (χ1v) is 19.0. The zero-order valence-corrected chi connectivity index (χ0v) is 30.6. The second-order valence-corrected chi connectivity index (χ2v) is 14.8. The zero-order chi connectivity index (χ0) is 36.8. The average molecular weight is 703 g/mol. The van der Waals surface area contributed by atoms with E-state index in [4.69, 9.17) is 9.98 Å². The lowest BCUT2D eigenvalue weighted by Crippen LogP contribution is -2.27. The molecule has 2 atom stereocenters. The molecule has 0 aliphatic heterocycles. The summed E-state index contributed by atoms with van der Waals surface area (Å²) in [6, 6.07) is 45.8. The van der Waals surface area contributed by atoms with Crippen LogP contribution in [0.4, 0.5) is 0 Å². The van der Waals surface area contributed by atoms with Crippen LogP contribution in [0.25, 0.3) is 65.3 Å². The Hall–Kier alpha value is -6.26. The van der Waals surface area contributed by atoms with Gasteiger partial charge in [-0.3, -0.25) is 9.98 Å². The smallest absolute Gasteiger partial charge is 0.132 e. The lowest BCUT2D eigenvalue weighted by Gasteiger charge is -2.25. The molecular weight excluding hydrogens is 661 g/mol. The Morgan fingerprint density at radius 2 is 0.796 bits per heavy atom. The van der Waals surface area contributed by atoms with E-state index in [1.165, 1.54) is 0 Å². The lowest BCUT2D eigenvalue weighted by molar-refractivity contribution is 0.390. The third kappa shape index (κ3) is 5.88. The summed E-state index contributed by atoms with van der Waals surface area (Å²) in [6.45, 7) is 4.22. The van der Waals surface area contributed by atoms with Crippen molar-refractivity contribution in [2.75, 3.05) is 0 Å². The van der Waals surface area contributed by atoms with Crippen molar-refractivity contribution in [1.29, 1.82) is 0 Å². The molecule has 4 heteroatoms. The highest BCUT2D eigenvalue weighted by molar-refractivity contribution is 6.13. The van der Waals surface area contributed by atoms with Gasteiger partial charge in [-0.25, -0.2) is 0 Å². The molecule has 8 aromatic carbocycles. The third-order valence-electron chi connectivity index (χ3n) is 11.4. The van der Waals surface area contributed by atoms with Gasteiger partial charge < -0.3 is 10.2 Å². The number of fused-ring (bicyclic) bond motifs is 4. The van der Waals surface area contributed by atoms with Crippen LogP contribution in [0.15, 0.2) is 143 Å². The van der Waals surface area contributed by atoms with E-state index in [2.05, 4.69) is 111 Å². The highest BCUT2D eigenvalue weighted by Crippen LogP contribution is 2.45. The monoisotopic (exact) mass is 702 g/mol. The van der Waals surface area contributed by atoms with Crippen LogP contribution >= 0.6 is 0 Å². The summed E-state index contributed by atoms with van der Waals surface area (Å²) in [7, 11) is 0. The van der Waals surface area contributed by atoms with Crippen molar-refractivity contribution in [2.24, 2.45) is 9.98 Å². The Labute approximate surface area is 315 Å². The molecule has 0 spiro atoms. The van der Waals surface area contributed by atoms with Gasteiger partial charge >= 0.3 is 0 Å². The first-order chi connectivity index (χ1) is 26.5. The standard InChI is InChI=1S/C50H42N2O2/c1-31-23-25-33-13-3-7-17-39(33)45(31)47-41-19-9-5-15-35(41)27-37(49(47)53)29-51-43-21-11-12-22-44(43)52-30-38-28-36-16-6-10-20-42(36)48(50(38)54)46-32(2)24-26-34-14-4-8-18-40(34)46/h3-10,13-20,23-30,43-44,53-54H,11-12,21-22H2,1-2H3/t43-,44-/m1/s1. The van der Waals surface area contributed by atoms with Gasteiger partial charge in [-0.1, -0.05) is 134 Å². The van der Waals surface area contributed by atoms with Gasteiger partial charge in [0.2, 0.25) is 0 Å². The maximum Gasteiger partial charge on any atom is 0.132 e. The Morgan fingerprint density at radius 1 is 0.444 bits per heavy atom. The normalized spacial score (nSPS) is 16.4. The Balaban J connectivity index is 1.11. The number of phenols is 2. The molecule has 0 heterocycles. The molecular formula is C50H42N2O2. The van der Waals surface area contributed by atoms with Gasteiger partial charge in [0.05, 0.1) is 12.1 Å². The molecule has 264 valence electrons. The number of nitrogens with zero attached hydrogens (tertiary/aromatic N) is 2. The number of aromatic hydroxyl groups is 2. The van der Waals surface area contributed by atoms with E-state index < -0.39 is 0 Å². The molecule has 0 amide bonds. The fraction of sp³-hybridized carbons (Fsp3) is 0.160. The van der Waals surface area contributed by atoms with Crippen LogP contribution < -0.4 is 0 Å². The lowest BCUT2D eigenvalue weighted by atomic mass is 9.88. The minimum atomic E-state index is -0.0500. The molecule has 2 N–H and O–H groups in total. The minimum Gasteiger partial charge on any atom is -0.507 e. The van der Waals surface area contributed by atoms with E-state index in [1.807, 2.05) is 48.8 Å². The molecule has 9 rings (SSSR count). The number of hydrogen-bond acceptors (Lipinski definition) is 4. The van der Waals surface area contributed by atoms with Crippen molar-refractivity contribution < 1.29 is 10.2 Å². The molecule has 8 aromatic rings. The van der Waals surface area contributed by atoms with E-state index in [-0.39, 0.29) is 23.6 Å². The molecule has 0 bridgehead atoms. The molecule has 0 radical (unpaired) electrons. The molecule has 1 saturated carbocycles. The highest BCUT2D eigenvalue weighted by atomic mass is 16.3. The molecule has 0 saturated heterocycles. The summed E-state index contributed by atoms with van der Waals surface area (Å²) in [5, 5.41) is 32.7. The number of phenolic OH excluding ortho intramolecular Hbond substituents is 2. The van der Waals surface area contributed by atoms with E-state index in [1.54, 1.807) is 0 Å².